The molecular weight excluding hydrogens is 263 g/mol. The van der Waals surface area contributed by atoms with E-state index in [0.29, 0.717) is 0 Å². The summed E-state index contributed by atoms with van der Waals surface area (Å²) in [6, 6.07) is 9.09. The smallest absolute Gasteiger partial charge is 0.123 e. The number of nitrogens with zero attached hydrogens (tertiary/aromatic N) is 1. The minimum atomic E-state index is -0.196. The fourth-order valence-electron chi connectivity index (χ4n) is 3.02. The Morgan fingerprint density at radius 1 is 1.05 bits per heavy atom. The van der Waals surface area contributed by atoms with Crippen molar-refractivity contribution in [3.8, 4) is 0 Å². The highest BCUT2D eigenvalue weighted by Crippen LogP contribution is 2.24. The molecule has 0 radical (unpaired) electrons. The van der Waals surface area contributed by atoms with Crippen molar-refractivity contribution in [2.45, 2.75) is 46.7 Å². The van der Waals surface area contributed by atoms with Gasteiger partial charge in [0.2, 0.25) is 0 Å². The summed E-state index contributed by atoms with van der Waals surface area (Å²) < 4.78 is 13.3. The van der Waals surface area contributed by atoms with Gasteiger partial charge in [-0.1, -0.05) is 12.1 Å². The van der Waals surface area contributed by atoms with Gasteiger partial charge in [0, 0.05) is 23.5 Å². The summed E-state index contributed by atoms with van der Waals surface area (Å²) in [5, 5.41) is 3.53. The summed E-state index contributed by atoms with van der Waals surface area (Å²) >= 11 is 0. The quantitative estimate of drug-likeness (QED) is 0.891. The summed E-state index contributed by atoms with van der Waals surface area (Å²) in [7, 11) is 0. The lowest BCUT2D eigenvalue weighted by atomic mass is 9.98. The molecule has 2 aromatic rings. The van der Waals surface area contributed by atoms with E-state index < -0.39 is 0 Å². The number of nitrogens with one attached hydrogen (secondary N) is 1. The van der Waals surface area contributed by atoms with Crippen molar-refractivity contribution in [3.05, 3.63) is 64.2 Å². The number of pyridine rings is 1. The second-order valence-electron chi connectivity index (χ2n) is 5.74. The first kappa shape index (κ1) is 15.6. The van der Waals surface area contributed by atoms with Gasteiger partial charge in [-0.05, 0) is 69.5 Å². The summed E-state index contributed by atoms with van der Waals surface area (Å²) in [6.45, 7) is 10.3. The minimum Gasteiger partial charge on any atom is -0.304 e. The lowest BCUT2D eigenvalue weighted by molar-refractivity contribution is 0.487. The monoisotopic (exact) mass is 286 g/mol. The van der Waals surface area contributed by atoms with Crippen molar-refractivity contribution in [2.75, 3.05) is 0 Å². The zero-order valence-corrected chi connectivity index (χ0v) is 13.4. The van der Waals surface area contributed by atoms with Crippen LogP contribution < -0.4 is 5.32 Å². The molecule has 1 unspecified atom stereocenters. The third-order valence-corrected chi connectivity index (χ3v) is 3.87. The fraction of sp³-hybridized carbons (Fsp3) is 0.389. The van der Waals surface area contributed by atoms with E-state index in [-0.39, 0.29) is 17.9 Å². The Kier molecular flexibility index (Phi) is 4.73. The molecule has 1 aromatic heterocycles. The van der Waals surface area contributed by atoms with E-state index >= 15 is 0 Å². The zero-order chi connectivity index (χ0) is 15.6. The summed E-state index contributed by atoms with van der Waals surface area (Å²) in [5.41, 5.74) is 5.52. The van der Waals surface area contributed by atoms with E-state index in [2.05, 4.69) is 37.1 Å². The number of halogens is 1. The van der Waals surface area contributed by atoms with Crippen molar-refractivity contribution < 1.29 is 4.39 Å². The van der Waals surface area contributed by atoms with Gasteiger partial charge in [0.05, 0.1) is 0 Å². The van der Waals surface area contributed by atoms with Crippen molar-refractivity contribution in [3.63, 3.8) is 0 Å². The van der Waals surface area contributed by atoms with Crippen LogP contribution in [0.2, 0.25) is 0 Å². The second-order valence-corrected chi connectivity index (χ2v) is 5.74. The van der Waals surface area contributed by atoms with E-state index in [1.165, 1.54) is 17.2 Å². The van der Waals surface area contributed by atoms with Crippen molar-refractivity contribution in [2.24, 2.45) is 0 Å². The van der Waals surface area contributed by atoms with E-state index in [1.807, 2.05) is 19.9 Å². The summed E-state index contributed by atoms with van der Waals surface area (Å²) in [6.07, 6.45) is 0. The lowest BCUT2D eigenvalue weighted by Crippen LogP contribution is -2.24. The number of aromatic nitrogens is 1. The van der Waals surface area contributed by atoms with E-state index in [4.69, 9.17) is 0 Å². The van der Waals surface area contributed by atoms with Crippen LogP contribution in [-0.2, 0) is 0 Å². The van der Waals surface area contributed by atoms with Gasteiger partial charge in [0.1, 0.15) is 5.82 Å². The highest BCUT2D eigenvalue weighted by Gasteiger charge is 2.16. The molecule has 0 spiro atoms. The molecular formula is C18H23FN2. The Hall–Kier alpha value is -1.74. The number of benzene rings is 1. The zero-order valence-electron chi connectivity index (χ0n) is 13.4. The molecule has 112 valence electrons. The largest absolute Gasteiger partial charge is 0.304 e. The van der Waals surface area contributed by atoms with Crippen LogP contribution in [0.15, 0.2) is 30.3 Å². The molecule has 0 saturated heterocycles. The first-order valence-electron chi connectivity index (χ1n) is 7.34. The van der Waals surface area contributed by atoms with E-state index in [1.54, 1.807) is 12.1 Å². The molecule has 3 heteroatoms. The van der Waals surface area contributed by atoms with Crippen LogP contribution in [0.1, 0.15) is 54.0 Å². The van der Waals surface area contributed by atoms with E-state index in [0.717, 1.165) is 17.0 Å². The standard InChI is InChI=1S/C18H23FN2/c1-11-9-12(2)20-14(4)18(11)15(5)21-13(3)16-7-6-8-17(19)10-16/h6-10,13,15,21H,1-5H3/t13-,15?/m1/s1. The molecule has 0 aliphatic carbocycles. The van der Waals surface area contributed by atoms with Gasteiger partial charge in [-0.2, -0.15) is 0 Å². The van der Waals surface area contributed by atoms with Gasteiger partial charge >= 0.3 is 0 Å². The Balaban J connectivity index is 2.20. The van der Waals surface area contributed by atoms with Gasteiger partial charge in [-0.15, -0.1) is 0 Å². The Morgan fingerprint density at radius 3 is 2.38 bits per heavy atom. The third kappa shape index (κ3) is 3.67. The molecule has 1 heterocycles. The third-order valence-electron chi connectivity index (χ3n) is 3.87. The highest BCUT2D eigenvalue weighted by molar-refractivity contribution is 5.34. The molecule has 1 N–H and O–H groups in total. The van der Waals surface area contributed by atoms with Crippen LogP contribution in [0.4, 0.5) is 4.39 Å². The van der Waals surface area contributed by atoms with Gasteiger partial charge in [-0.3, -0.25) is 4.98 Å². The second kappa shape index (κ2) is 6.35. The number of hydrogen-bond donors (Lipinski definition) is 1. The Bertz CT molecular complexity index is 614. The maximum Gasteiger partial charge on any atom is 0.123 e. The van der Waals surface area contributed by atoms with Gasteiger partial charge in [0.15, 0.2) is 0 Å². The maximum absolute atomic E-state index is 13.3. The molecule has 0 amide bonds. The molecule has 0 aliphatic rings. The van der Waals surface area contributed by atoms with Gasteiger partial charge in [-0.25, -0.2) is 4.39 Å². The van der Waals surface area contributed by atoms with Crippen molar-refractivity contribution in [1.29, 1.82) is 0 Å². The van der Waals surface area contributed by atoms with Crippen molar-refractivity contribution in [1.82, 2.24) is 10.3 Å². The predicted molar refractivity (Wildman–Crippen MR) is 84.8 cm³/mol. The fourth-order valence-corrected chi connectivity index (χ4v) is 3.02. The number of aryl methyl sites for hydroxylation is 3. The van der Waals surface area contributed by atoms with Crippen molar-refractivity contribution >= 4 is 0 Å². The molecule has 0 fully saturated rings. The minimum absolute atomic E-state index is 0.0794. The van der Waals surface area contributed by atoms with Crippen LogP contribution >= 0.6 is 0 Å². The normalized spacial score (nSPS) is 14.0. The van der Waals surface area contributed by atoms with Crippen LogP contribution in [0.3, 0.4) is 0 Å². The summed E-state index contributed by atoms with van der Waals surface area (Å²) in [5.74, 6) is -0.196. The first-order chi connectivity index (χ1) is 9.88. The highest BCUT2D eigenvalue weighted by atomic mass is 19.1. The predicted octanol–water partition coefficient (Wildman–Crippen LogP) is 4.56. The number of hydrogen-bond acceptors (Lipinski definition) is 2. The Labute approximate surface area is 126 Å². The van der Waals surface area contributed by atoms with Crippen LogP contribution in [0.25, 0.3) is 0 Å². The molecule has 0 aliphatic heterocycles. The maximum atomic E-state index is 13.3. The molecule has 1 aromatic carbocycles. The van der Waals surface area contributed by atoms with Gasteiger partial charge in [0.25, 0.3) is 0 Å². The van der Waals surface area contributed by atoms with E-state index in [9.17, 15) is 4.39 Å². The van der Waals surface area contributed by atoms with Gasteiger partial charge < -0.3 is 5.32 Å². The molecule has 2 nitrogen and oxygen atoms in total. The Morgan fingerprint density at radius 2 is 1.76 bits per heavy atom. The molecule has 21 heavy (non-hydrogen) atoms. The average Bonchev–Trinajstić information content (AvgIpc) is 2.37. The SMILES string of the molecule is Cc1cc(C)c(C(C)N[C@H](C)c2cccc(F)c2)c(C)n1. The van der Waals surface area contributed by atoms with Crippen LogP contribution in [0, 0.1) is 26.6 Å². The first-order valence-corrected chi connectivity index (χ1v) is 7.34. The molecule has 2 rings (SSSR count). The summed E-state index contributed by atoms with van der Waals surface area (Å²) in [4.78, 5) is 4.55. The molecule has 2 atom stereocenters. The van der Waals surface area contributed by atoms with Crippen LogP contribution in [0.5, 0.6) is 0 Å². The van der Waals surface area contributed by atoms with Crippen LogP contribution in [-0.4, -0.2) is 4.98 Å². The topological polar surface area (TPSA) is 24.9 Å². The average molecular weight is 286 g/mol. The molecule has 0 bridgehead atoms. The lowest BCUT2D eigenvalue weighted by Gasteiger charge is -2.23. The number of rotatable bonds is 4. The molecule has 0 saturated carbocycles.